The van der Waals surface area contributed by atoms with Crippen molar-refractivity contribution in [3.05, 3.63) is 29.8 Å². The highest BCUT2D eigenvalue weighted by molar-refractivity contribution is 5.96. The van der Waals surface area contributed by atoms with Gasteiger partial charge in [0.15, 0.2) is 0 Å². The number of rotatable bonds is 3. The second kappa shape index (κ2) is 7.33. The number of carbonyl (C=O) groups excluding carboxylic acids is 2. The number of hydrogen-bond acceptors (Lipinski definition) is 3. The van der Waals surface area contributed by atoms with Gasteiger partial charge in [-0.3, -0.25) is 9.59 Å². The number of piperidine rings is 1. The zero-order valence-electron chi connectivity index (χ0n) is 14.2. The predicted molar refractivity (Wildman–Crippen MR) is 90.0 cm³/mol. The molecule has 2 rings (SSSR count). The third-order valence-corrected chi connectivity index (χ3v) is 4.06. The minimum absolute atomic E-state index is 0.132. The lowest BCUT2D eigenvalue weighted by atomic mass is 9.91. The number of carboxylic acid groups (broad SMARTS) is 1. The summed E-state index contributed by atoms with van der Waals surface area (Å²) in [5.41, 5.74) is 0.992. The van der Waals surface area contributed by atoms with E-state index in [1.807, 2.05) is 6.92 Å². The van der Waals surface area contributed by atoms with E-state index >= 15 is 0 Å². The van der Waals surface area contributed by atoms with Crippen molar-refractivity contribution in [1.29, 1.82) is 0 Å². The Morgan fingerprint density at radius 3 is 2.58 bits per heavy atom. The lowest BCUT2D eigenvalue weighted by molar-refractivity contribution is -0.143. The van der Waals surface area contributed by atoms with Crippen LogP contribution in [0.25, 0.3) is 0 Å². The highest BCUT2D eigenvalue weighted by Gasteiger charge is 2.31. The highest BCUT2D eigenvalue weighted by atomic mass is 16.4. The van der Waals surface area contributed by atoms with Gasteiger partial charge in [0.25, 0.3) is 5.91 Å². The molecule has 0 spiro atoms. The molecule has 7 heteroatoms. The quantitative estimate of drug-likeness (QED) is 0.885. The molecule has 1 saturated heterocycles. The first-order valence-electron chi connectivity index (χ1n) is 7.88. The molecule has 7 nitrogen and oxygen atoms in total. The van der Waals surface area contributed by atoms with E-state index in [9.17, 15) is 19.5 Å². The molecule has 1 fully saturated rings. The van der Waals surface area contributed by atoms with Crippen LogP contribution in [0.2, 0.25) is 0 Å². The van der Waals surface area contributed by atoms with Crippen molar-refractivity contribution in [1.82, 2.24) is 9.80 Å². The van der Waals surface area contributed by atoms with Crippen LogP contribution < -0.4 is 5.32 Å². The van der Waals surface area contributed by atoms with Crippen molar-refractivity contribution in [3.63, 3.8) is 0 Å². The number of anilines is 1. The van der Waals surface area contributed by atoms with E-state index in [2.05, 4.69) is 5.32 Å². The van der Waals surface area contributed by atoms with E-state index in [1.54, 1.807) is 38.4 Å². The Balaban J connectivity index is 2.08. The summed E-state index contributed by atoms with van der Waals surface area (Å²) in [5.74, 6) is -1.44. The smallest absolute Gasteiger partial charge is 0.321 e. The molecule has 1 aromatic rings. The summed E-state index contributed by atoms with van der Waals surface area (Å²) in [5, 5.41) is 11.9. The largest absolute Gasteiger partial charge is 0.481 e. The molecule has 0 radical (unpaired) electrons. The molecular weight excluding hydrogens is 310 g/mol. The summed E-state index contributed by atoms with van der Waals surface area (Å²) >= 11 is 0. The van der Waals surface area contributed by atoms with Crippen LogP contribution in [-0.2, 0) is 4.79 Å². The molecule has 2 N–H and O–H groups in total. The Bertz CT molecular complexity index is 644. The van der Waals surface area contributed by atoms with E-state index < -0.39 is 11.9 Å². The molecule has 0 bridgehead atoms. The van der Waals surface area contributed by atoms with Crippen molar-refractivity contribution < 1.29 is 19.5 Å². The SMILES string of the molecule is CC1CC(C(=O)O)CN(C(=O)Nc2cccc(C(=O)N(C)C)c2)C1. The number of nitrogens with zero attached hydrogens (tertiary/aromatic N) is 2. The molecule has 3 amide bonds. The van der Waals surface area contributed by atoms with Gasteiger partial charge in [0.05, 0.1) is 5.92 Å². The average molecular weight is 333 g/mol. The van der Waals surface area contributed by atoms with Gasteiger partial charge in [-0.25, -0.2) is 4.79 Å². The van der Waals surface area contributed by atoms with E-state index in [1.165, 1.54) is 9.80 Å². The van der Waals surface area contributed by atoms with Gasteiger partial charge in [0.2, 0.25) is 0 Å². The third kappa shape index (κ3) is 4.24. The van der Waals surface area contributed by atoms with Gasteiger partial charge in [0.1, 0.15) is 0 Å². The first-order valence-corrected chi connectivity index (χ1v) is 7.88. The van der Waals surface area contributed by atoms with Gasteiger partial charge >= 0.3 is 12.0 Å². The van der Waals surface area contributed by atoms with E-state index in [-0.39, 0.29) is 24.4 Å². The number of hydrogen-bond donors (Lipinski definition) is 2. The van der Waals surface area contributed by atoms with E-state index in [0.29, 0.717) is 24.2 Å². The Kier molecular flexibility index (Phi) is 5.43. The van der Waals surface area contributed by atoms with Crippen LogP contribution in [0.4, 0.5) is 10.5 Å². The summed E-state index contributed by atoms with van der Waals surface area (Å²) < 4.78 is 0. The maximum atomic E-state index is 12.4. The Morgan fingerprint density at radius 2 is 1.96 bits per heavy atom. The molecule has 2 unspecified atom stereocenters. The fourth-order valence-corrected chi connectivity index (χ4v) is 2.89. The number of urea groups is 1. The normalized spacial score (nSPS) is 20.4. The average Bonchev–Trinajstić information content (AvgIpc) is 2.53. The summed E-state index contributed by atoms with van der Waals surface area (Å²) in [6.45, 7) is 2.65. The van der Waals surface area contributed by atoms with Crippen molar-refractivity contribution >= 4 is 23.6 Å². The van der Waals surface area contributed by atoms with Gasteiger partial charge in [-0.05, 0) is 30.5 Å². The summed E-state index contributed by atoms with van der Waals surface area (Å²) in [4.78, 5) is 38.6. The zero-order valence-corrected chi connectivity index (χ0v) is 14.2. The number of likely N-dealkylation sites (tertiary alicyclic amines) is 1. The molecule has 0 aliphatic carbocycles. The van der Waals surface area contributed by atoms with Gasteiger partial charge in [-0.2, -0.15) is 0 Å². The molecule has 1 aliphatic rings. The topological polar surface area (TPSA) is 90.0 Å². The fourth-order valence-electron chi connectivity index (χ4n) is 2.89. The van der Waals surface area contributed by atoms with E-state index in [4.69, 9.17) is 0 Å². The minimum Gasteiger partial charge on any atom is -0.481 e. The molecule has 0 aromatic heterocycles. The number of benzene rings is 1. The predicted octanol–water partition coefficient (Wildman–Crippen LogP) is 1.96. The maximum Gasteiger partial charge on any atom is 0.321 e. The molecule has 0 saturated carbocycles. The Morgan fingerprint density at radius 1 is 1.25 bits per heavy atom. The number of amides is 3. The minimum atomic E-state index is -0.877. The van der Waals surface area contributed by atoms with Crippen LogP contribution in [0.1, 0.15) is 23.7 Å². The van der Waals surface area contributed by atoms with E-state index in [0.717, 1.165) is 0 Å². The van der Waals surface area contributed by atoms with Crippen LogP contribution in [0.15, 0.2) is 24.3 Å². The lowest BCUT2D eigenvalue weighted by Crippen LogP contribution is -2.47. The van der Waals surface area contributed by atoms with Gasteiger partial charge in [0, 0.05) is 38.4 Å². The Labute approximate surface area is 141 Å². The van der Waals surface area contributed by atoms with Gasteiger partial charge in [-0.15, -0.1) is 0 Å². The second-order valence-corrected chi connectivity index (χ2v) is 6.49. The van der Waals surface area contributed by atoms with Crippen molar-refractivity contribution in [2.75, 3.05) is 32.5 Å². The van der Waals surface area contributed by atoms with Crippen LogP contribution in [-0.4, -0.2) is 60.0 Å². The van der Waals surface area contributed by atoms with Gasteiger partial charge in [-0.1, -0.05) is 13.0 Å². The molecule has 1 aliphatic heterocycles. The van der Waals surface area contributed by atoms with Crippen LogP contribution >= 0.6 is 0 Å². The maximum absolute atomic E-state index is 12.4. The van der Waals surface area contributed by atoms with Gasteiger partial charge < -0.3 is 20.2 Å². The molecule has 2 atom stereocenters. The molecular formula is C17H23N3O4. The van der Waals surface area contributed by atoms with Crippen molar-refractivity contribution in [2.24, 2.45) is 11.8 Å². The number of carboxylic acids is 1. The van der Waals surface area contributed by atoms with Crippen LogP contribution in [0.5, 0.6) is 0 Å². The fraction of sp³-hybridized carbons (Fsp3) is 0.471. The van der Waals surface area contributed by atoms with Crippen molar-refractivity contribution in [3.8, 4) is 0 Å². The molecule has 24 heavy (non-hydrogen) atoms. The van der Waals surface area contributed by atoms with Crippen LogP contribution in [0, 0.1) is 11.8 Å². The molecule has 130 valence electrons. The first kappa shape index (κ1) is 17.8. The Hall–Kier alpha value is -2.57. The third-order valence-electron chi connectivity index (χ3n) is 4.06. The highest BCUT2D eigenvalue weighted by Crippen LogP contribution is 2.23. The number of aliphatic carboxylic acids is 1. The lowest BCUT2D eigenvalue weighted by Gasteiger charge is -2.34. The first-order chi connectivity index (χ1) is 11.3. The second-order valence-electron chi connectivity index (χ2n) is 6.49. The standard InChI is InChI=1S/C17H23N3O4/c1-11-7-13(16(22)23)10-20(9-11)17(24)18-14-6-4-5-12(8-14)15(21)19(2)3/h4-6,8,11,13H,7,9-10H2,1-3H3,(H,18,24)(H,22,23). The summed E-state index contributed by atoms with van der Waals surface area (Å²) in [6.07, 6.45) is 0.575. The molecule has 1 aromatic carbocycles. The summed E-state index contributed by atoms with van der Waals surface area (Å²) in [6, 6.07) is 6.35. The monoisotopic (exact) mass is 333 g/mol. The van der Waals surface area contributed by atoms with Crippen LogP contribution in [0.3, 0.4) is 0 Å². The van der Waals surface area contributed by atoms with Crippen molar-refractivity contribution in [2.45, 2.75) is 13.3 Å². The molecule has 1 heterocycles. The zero-order chi connectivity index (χ0) is 17.9. The summed E-state index contributed by atoms with van der Waals surface area (Å²) in [7, 11) is 3.32. The number of carbonyl (C=O) groups is 3. The number of nitrogens with one attached hydrogen (secondary N) is 1.